The average molecular weight is 277 g/mol. The van der Waals surface area contributed by atoms with Gasteiger partial charge in [-0.25, -0.2) is 0 Å². The van der Waals surface area contributed by atoms with E-state index in [1.165, 1.54) is 6.42 Å². The Hall–Kier alpha value is -1.45. The summed E-state index contributed by atoms with van der Waals surface area (Å²) in [7, 11) is 0. The van der Waals surface area contributed by atoms with E-state index < -0.39 is 0 Å². The molecule has 3 N–H and O–H groups in total. The number of nitrogens with two attached hydrogens (primary N) is 1. The maximum absolute atomic E-state index is 12.5. The van der Waals surface area contributed by atoms with Crippen LogP contribution in [0.4, 0.5) is 5.69 Å². The summed E-state index contributed by atoms with van der Waals surface area (Å²) < 4.78 is 1.94. The molecule has 1 saturated carbocycles. The summed E-state index contributed by atoms with van der Waals surface area (Å²) in [5.74, 6) is 1.44. The first kappa shape index (κ1) is 14.9. The molecule has 1 heterocycles. The van der Waals surface area contributed by atoms with E-state index in [1.807, 2.05) is 10.8 Å². The third-order valence-corrected chi connectivity index (χ3v) is 4.59. The van der Waals surface area contributed by atoms with Gasteiger partial charge in [0, 0.05) is 18.3 Å². The van der Waals surface area contributed by atoms with Gasteiger partial charge in [-0.3, -0.25) is 4.79 Å². The van der Waals surface area contributed by atoms with E-state index in [9.17, 15) is 4.79 Å². The lowest BCUT2D eigenvalue weighted by Crippen LogP contribution is -2.40. The Morgan fingerprint density at radius 3 is 2.65 bits per heavy atom. The molecule has 20 heavy (non-hydrogen) atoms. The first-order valence-corrected chi connectivity index (χ1v) is 7.66. The van der Waals surface area contributed by atoms with Crippen molar-refractivity contribution in [1.82, 2.24) is 9.88 Å². The molecule has 3 unspecified atom stereocenters. The third kappa shape index (κ3) is 3.17. The summed E-state index contributed by atoms with van der Waals surface area (Å²) in [5, 5.41) is 3.18. The quantitative estimate of drug-likeness (QED) is 0.891. The molecular weight excluding hydrogens is 250 g/mol. The highest BCUT2D eigenvalue weighted by Crippen LogP contribution is 2.29. The lowest BCUT2D eigenvalue weighted by Gasteiger charge is -2.32. The first-order valence-electron chi connectivity index (χ1n) is 7.66. The molecule has 0 bridgehead atoms. The van der Waals surface area contributed by atoms with Crippen molar-refractivity contribution in [1.29, 1.82) is 0 Å². The topological polar surface area (TPSA) is 60.1 Å². The summed E-state index contributed by atoms with van der Waals surface area (Å²) in [6.45, 7) is 8.69. The summed E-state index contributed by atoms with van der Waals surface area (Å²) >= 11 is 0. The lowest BCUT2D eigenvalue weighted by atomic mass is 9.79. The van der Waals surface area contributed by atoms with Crippen LogP contribution in [0, 0.1) is 11.8 Å². The van der Waals surface area contributed by atoms with Gasteiger partial charge in [0.25, 0.3) is 5.91 Å². The minimum Gasteiger partial charge on any atom is -0.397 e. The number of rotatable bonds is 3. The number of nitrogen functional groups attached to an aromatic ring is 1. The molecule has 0 radical (unpaired) electrons. The second kappa shape index (κ2) is 5.90. The highest BCUT2D eigenvalue weighted by atomic mass is 16.2. The zero-order valence-electron chi connectivity index (χ0n) is 13.0. The predicted octanol–water partition coefficient (Wildman–Crippen LogP) is 3.21. The Bertz CT molecular complexity index is 478. The largest absolute Gasteiger partial charge is 0.397 e. The van der Waals surface area contributed by atoms with Crippen LogP contribution in [-0.4, -0.2) is 16.5 Å². The number of hydrogen-bond acceptors (Lipinski definition) is 2. The van der Waals surface area contributed by atoms with Gasteiger partial charge in [-0.1, -0.05) is 13.8 Å². The molecule has 3 atom stereocenters. The molecule has 1 amide bonds. The highest BCUT2D eigenvalue weighted by Gasteiger charge is 2.26. The monoisotopic (exact) mass is 277 g/mol. The van der Waals surface area contributed by atoms with E-state index in [-0.39, 0.29) is 11.9 Å². The second-order valence-electron chi connectivity index (χ2n) is 6.60. The summed E-state index contributed by atoms with van der Waals surface area (Å²) in [6.07, 6.45) is 5.19. The molecule has 2 rings (SSSR count). The number of anilines is 1. The van der Waals surface area contributed by atoms with Gasteiger partial charge >= 0.3 is 0 Å². The normalized spacial score (nSPS) is 26.8. The molecule has 1 aliphatic carbocycles. The van der Waals surface area contributed by atoms with Crippen molar-refractivity contribution < 1.29 is 4.79 Å². The highest BCUT2D eigenvalue weighted by molar-refractivity contribution is 5.94. The van der Waals surface area contributed by atoms with Gasteiger partial charge in [-0.2, -0.15) is 0 Å². The molecule has 4 heteroatoms. The van der Waals surface area contributed by atoms with Crippen LogP contribution in [0.5, 0.6) is 0 Å². The fourth-order valence-electron chi connectivity index (χ4n) is 3.05. The average Bonchev–Trinajstić information content (AvgIpc) is 2.76. The lowest BCUT2D eigenvalue weighted by molar-refractivity contribution is 0.0899. The van der Waals surface area contributed by atoms with Crippen LogP contribution in [0.25, 0.3) is 0 Å². The fourth-order valence-corrected chi connectivity index (χ4v) is 3.05. The van der Waals surface area contributed by atoms with Crippen molar-refractivity contribution in [2.75, 3.05) is 5.73 Å². The second-order valence-corrected chi connectivity index (χ2v) is 6.60. The zero-order chi connectivity index (χ0) is 14.9. The standard InChI is InChI=1S/C16H27N3O/c1-10(2)19-9-13(17)8-15(19)16(20)18-14-6-5-11(3)12(4)7-14/h8-12,14H,5-7,17H2,1-4H3,(H,18,20). The third-order valence-electron chi connectivity index (χ3n) is 4.59. The van der Waals surface area contributed by atoms with Crippen LogP contribution in [0.3, 0.4) is 0 Å². The zero-order valence-corrected chi connectivity index (χ0v) is 13.0. The van der Waals surface area contributed by atoms with Gasteiger partial charge in [0.15, 0.2) is 0 Å². The number of amides is 1. The Labute approximate surface area is 121 Å². The summed E-state index contributed by atoms with van der Waals surface area (Å²) in [4.78, 5) is 12.5. The van der Waals surface area contributed by atoms with Gasteiger partial charge in [-0.15, -0.1) is 0 Å². The van der Waals surface area contributed by atoms with Crippen LogP contribution in [0.1, 0.15) is 63.5 Å². The molecule has 1 aromatic rings. The van der Waals surface area contributed by atoms with Crippen molar-refractivity contribution in [2.45, 2.75) is 59.0 Å². The molecule has 0 saturated heterocycles. The van der Waals surface area contributed by atoms with Gasteiger partial charge < -0.3 is 15.6 Å². The number of aromatic nitrogens is 1. The van der Waals surface area contributed by atoms with Crippen LogP contribution in [0.2, 0.25) is 0 Å². The Morgan fingerprint density at radius 1 is 1.35 bits per heavy atom. The van der Waals surface area contributed by atoms with Crippen molar-refractivity contribution in [2.24, 2.45) is 11.8 Å². The van der Waals surface area contributed by atoms with Gasteiger partial charge in [0.1, 0.15) is 5.69 Å². The van der Waals surface area contributed by atoms with Crippen LogP contribution in [0.15, 0.2) is 12.3 Å². The molecule has 0 aliphatic heterocycles. The Morgan fingerprint density at radius 2 is 2.05 bits per heavy atom. The number of nitrogens with one attached hydrogen (secondary N) is 1. The minimum absolute atomic E-state index is 0.00199. The fraction of sp³-hybridized carbons (Fsp3) is 0.688. The maximum atomic E-state index is 12.5. The van der Waals surface area contributed by atoms with Crippen molar-refractivity contribution in [3.8, 4) is 0 Å². The molecule has 0 aromatic carbocycles. The molecule has 0 spiro atoms. The smallest absolute Gasteiger partial charge is 0.268 e. The summed E-state index contributed by atoms with van der Waals surface area (Å²) in [5.41, 5.74) is 7.15. The van der Waals surface area contributed by atoms with Crippen molar-refractivity contribution in [3.05, 3.63) is 18.0 Å². The number of carbonyl (C=O) groups is 1. The van der Waals surface area contributed by atoms with Crippen molar-refractivity contribution in [3.63, 3.8) is 0 Å². The van der Waals surface area contributed by atoms with E-state index in [4.69, 9.17) is 5.73 Å². The number of nitrogens with zero attached hydrogens (tertiary/aromatic N) is 1. The van der Waals surface area contributed by atoms with Gasteiger partial charge in [0.05, 0.1) is 5.69 Å². The molecule has 1 aromatic heterocycles. The molecule has 1 aliphatic rings. The van der Waals surface area contributed by atoms with E-state index >= 15 is 0 Å². The maximum Gasteiger partial charge on any atom is 0.268 e. The Balaban J connectivity index is 2.05. The van der Waals surface area contributed by atoms with Crippen LogP contribution >= 0.6 is 0 Å². The molecular formula is C16H27N3O. The van der Waals surface area contributed by atoms with E-state index in [2.05, 4.69) is 33.0 Å². The molecule has 112 valence electrons. The molecule has 1 fully saturated rings. The first-order chi connectivity index (χ1) is 9.38. The van der Waals surface area contributed by atoms with Gasteiger partial charge in [-0.05, 0) is 51.0 Å². The summed E-state index contributed by atoms with van der Waals surface area (Å²) in [6, 6.07) is 2.30. The number of carbonyl (C=O) groups excluding carboxylic acids is 1. The SMILES string of the molecule is CC1CCC(NC(=O)c2cc(N)cn2C(C)C)CC1C. The number of hydrogen-bond donors (Lipinski definition) is 2. The molecule has 4 nitrogen and oxygen atoms in total. The predicted molar refractivity (Wildman–Crippen MR) is 82.7 cm³/mol. The van der Waals surface area contributed by atoms with E-state index in [0.29, 0.717) is 23.3 Å². The van der Waals surface area contributed by atoms with Crippen molar-refractivity contribution >= 4 is 11.6 Å². The van der Waals surface area contributed by atoms with E-state index in [0.717, 1.165) is 18.8 Å². The van der Waals surface area contributed by atoms with Crippen LogP contribution < -0.4 is 11.1 Å². The van der Waals surface area contributed by atoms with Gasteiger partial charge in [0.2, 0.25) is 0 Å². The minimum atomic E-state index is 0.00199. The van der Waals surface area contributed by atoms with Crippen LogP contribution in [-0.2, 0) is 0 Å². The van der Waals surface area contributed by atoms with E-state index in [1.54, 1.807) is 6.07 Å². The Kier molecular flexibility index (Phi) is 4.41.